The summed E-state index contributed by atoms with van der Waals surface area (Å²) in [4.78, 5) is 27.3. The van der Waals surface area contributed by atoms with E-state index in [0.29, 0.717) is 19.6 Å². The van der Waals surface area contributed by atoms with Gasteiger partial charge in [-0.2, -0.15) is 5.10 Å². The maximum atomic E-state index is 12.5. The van der Waals surface area contributed by atoms with E-state index < -0.39 is 0 Å². The molecule has 0 saturated heterocycles. The number of rotatable bonds is 8. The van der Waals surface area contributed by atoms with Crippen LogP contribution in [0.1, 0.15) is 25.2 Å². The molecule has 0 aliphatic rings. The lowest BCUT2D eigenvalue weighted by molar-refractivity contribution is -0.862. The molecule has 0 fully saturated rings. The van der Waals surface area contributed by atoms with Gasteiger partial charge in [-0.05, 0) is 39.8 Å². The van der Waals surface area contributed by atoms with Crippen molar-refractivity contribution in [3.63, 3.8) is 0 Å². The van der Waals surface area contributed by atoms with Gasteiger partial charge in [-0.15, -0.1) is 0 Å². The van der Waals surface area contributed by atoms with Gasteiger partial charge in [0.1, 0.15) is 0 Å². The van der Waals surface area contributed by atoms with Crippen molar-refractivity contribution in [3.8, 4) is 5.69 Å². The summed E-state index contributed by atoms with van der Waals surface area (Å²) in [7, 11) is 1.86. The van der Waals surface area contributed by atoms with Crippen LogP contribution in [0.3, 0.4) is 0 Å². The van der Waals surface area contributed by atoms with Gasteiger partial charge >= 0.3 is 0 Å². The SMILES string of the molecule is CCN(CC)C(=O)C[NH+](C)CC(=O)Nc1c(C)nn(-c2ccccc2)c1C. The summed E-state index contributed by atoms with van der Waals surface area (Å²) in [5.41, 5.74) is 3.32. The Morgan fingerprint density at radius 3 is 2.33 bits per heavy atom. The number of para-hydroxylation sites is 1. The van der Waals surface area contributed by atoms with Crippen LogP contribution in [0.2, 0.25) is 0 Å². The Balaban J connectivity index is 2.02. The summed E-state index contributed by atoms with van der Waals surface area (Å²) >= 11 is 0. The zero-order valence-corrected chi connectivity index (χ0v) is 16.9. The molecule has 1 aromatic carbocycles. The van der Waals surface area contributed by atoms with Gasteiger partial charge < -0.3 is 15.1 Å². The van der Waals surface area contributed by atoms with Crippen molar-refractivity contribution in [1.82, 2.24) is 14.7 Å². The normalized spacial score (nSPS) is 11.9. The quantitative estimate of drug-likeness (QED) is 0.720. The average Bonchev–Trinajstić information content (AvgIpc) is 2.91. The predicted octanol–water partition coefficient (Wildman–Crippen LogP) is 0.811. The molecule has 2 amide bonds. The largest absolute Gasteiger partial charge is 0.338 e. The molecule has 0 saturated carbocycles. The van der Waals surface area contributed by atoms with E-state index in [4.69, 9.17) is 0 Å². The molecule has 0 bridgehead atoms. The minimum absolute atomic E-state index is 0.0644. The van der Waals surface area contributed by atoms with Gasteiger partial charge in [-0.1, -0.05) is 18.2 Å². The Morgan fingerprint density at radius 1 is 1.11 bits per heavy atom. The molecule has 7 nitrogen and oxygen atoms in total. The molecule has 146 valence electrons. The van der Waals surface area contributed by atoms with E-state index in [1.54, 1.807) is 4.90 Å². The second-order valence-electron chi connectivity index (χ2n) is 6.72. The van der Waals surface area contributed by atoms with E-state index in [9.17, 15) is 9.59 Å². The number of nitrogens with one attached hydrogen (secondary N) is 2. The number of quaternary nitrogens is 1. The van der Waals surface area contributed by atoms with E-state index >= 15 is 0 Å². The number of aryl methyl sites for hydroxylation is 1. The van der Waals surface area contributed by atoms with Gasteiger partial charge in [0.2, 0.25) is 0 Å². The second-order valence-corrected chi connectivity index (χ2v) is 6.72. The van der Waals surface area contributed by atoms with Crippen molar-refractivity contribution >= 4 is 17.5 Å². The number of hydrogen-bond acceptors (Lipinski definition) is 3. The molecule has 1 heterocycles. The fourth-order valence-corrected chi connectivity index (χ4v) is 3.11. The fourth-order valence-electron chi connectivity index (χ4n) is 3.11. The number of carbonyl (C=O) groups is 2. The van der Waals surface area contributed by atoms with Crippen molar-refractivity contribution in [2.45, 2.75) is 27.7 Å². The van der Waals surface area contributed by atoms with Gasteiger partial charge in [0.05, 0.1) is 29.8 Å². The van der Waals surface area contributed by atoms with E-state index in [1.807, 2.05) is 69.8 Å². The third-order valence-corrected chi connectivity index (χ3v) is 4.59. The topological polar surface area (TPSA) is 71.7 Å². The summed E-state index contributed by atoms with van der Waals surface area (Å²) in [5, 5.41) is 7.50. The Kier molecular flexibility index (Phi) is 7.12. The molecule has 0 aliphatic carbocycles. The molecular formula is C20H30N5O2+. The smallest absolute Gasteiger partial charge is 0.279 e. The molecule has 2 rings (SSSR count). The average molecular weight is 372 g/mol. The molecule has 27 heavy (non-hydrogen) atoms. The van der Waals surface area contributed by atoms with E-state index in [2.05, 4.69) is 10.4 Å². The zero-order valence-electron chi connectivity index (χ0n) is 16.9. The van der Waals surface area contributed by atoms with Crippen molar-refractivity contribution in [3.05, 3.63) is 41.7 Å². The summed E-state index contributed by atoms with van der Waals surface area (Å²) in [5.74, 6) is -0.0618. The molecule has 2 aromatic rings. The number of benzene rings is 1. The Bertz CT molecular complexity index is 781. The van der Waals surface area contributed by atoms with Crippen LogP contribution in [0.5, 0.6) is 0 Å². The number of carbonyl (C=O) groups excluding carboxylic acids is 2. The molecular weight excluding hydrogens is 342 g/mol. The Morgan fingerprint density at radius 2 is 1.74 bits per heavy atom. The van der Waals surface area contributed by atoms with Crippen molar-refractivity contribution in [1.29, 1.82) is 0 Å². The minimum atomic E-state index is -0.126. The Hall–Kier alpha value is -2.67. The summed E-state index contributed by atoms with van der Waals surface area (Å²) in [6, 6.07) is 9.81. The van der Waals surface area contributed by atoms with Crippen LogP contribution in [0.4, 0.5) is 5.69 Å². The highest BCUT2D eigenvalue weighted by Crippen LogP contribution is 2.22. The molecule has 1 atom stereocenters. The van der Waals surface area contributed by atoms with Gasteiger partial charge in [-0.3, -0.25) is 9.59 Å². The maximum Gasteiger partial charge on any atom is 0.279 e. The highest BCUT2D eigenvalue weighted by Gasteiger charge is 2.20. The van der Waals surface area contributed by atoms with Gasteiger partial charge in [0.15, 0.2) is 13.1 Å². The lowest BCUT2D eigenvalue weighted by atomic mass is 10.3. The first-order valence-corrected chi connectivity index (χ1v) is 9.37. The van der Waals surface area contributed by atoms with Crippen LogP contribution in [-0.2, 0) is 9.59 Å². The van der Waals surface area contributed by atoms with E-state index in [0.717, 1.165) is 27.7 Å². The zero-order chi connectivity index (χ0) is 20.0. The molecule has 2 N–H and O–H groups in total. The lowest BCUT2D eigenvalue weighted by Gasteiger charge is -2.20. The summed E-state index contributed by atoms with van der Waals surface area (Å²) in [6.07, 6.45) is 0. The van der Waals surface area contributed by atoms with Crippen LogP contribution in [0, 0.1) is 13.8 Å². The van der Waals surface area contributed by atoms with Crippen LogP contribution >= 0.6 is 0 Å². The first-order valence-electron chi connectivity index (χ1n) is 9.37. The monoisotopic (exact) mass is 372 g/mol. The third-order valence-electron chi connectivity index (χ3n) is 4.59. The van der Waals surface area contributed by atoms with Gasteiger partial charge in [-0.25, -0.2) is 4.68 Å². The van der Waals surface area contributed by atoms with E-state index in [-0.39, 0.29) is 18.4 Å². The number of amides is 2. The standard InChI is InChI=1S/C20H29N5O2/c1-6-24(7-2)19(27)14-23(5)13-18(26)21-20-15(3)22-25(16(20)4)17-11-9-8-10-12-17/h8-12H,6-7,13-14H2,1-5H3,(H,21,26)/p+1. The molecule has 1 aromatic heterocycles. The predicted molar refractivity (Wildman–Crippen MR) is 106 cm³/mol. The van der Waals surface area contributed by atoms with Gasteiger partial charge in [0.25, 0.3) is 11.8 Å². The number of likely N-dealkylation sites (N-methyl/N-ethyl adjacent to an activating group) is 2. The first kappa shape index (κ1) is 20.6. The molecule has 0 spiro atoms. The van der Waals surface area contributed by atoms with Crippen molar-refractivity contribution in [2.75, 3.05) is 38.5 Å². The summed E-state index contributed by atoms with van der Waals surface area (Å²) in [6.45, 7) is 9.63. The van der Waals surface area contributed by atoms with E-state index in [1.165, 1.54) is 0 Å². The fraction of sp³-hybridized carbons (Fsp3) is 0.450. The number of hydrogen-bond donors (Lipinski definition) is 2. The molecule has 0 radical (unpaired) electrons. The highest BCUT2D eigenvalue weighted by molar-refractivity contribution is 5.92. The highest BCUT2D eigenvalue weighted by atomic mass is 16.2. The lowest BCUT2D eigenvalue weighted by Crippen LogP contribution is -3.11. The van der Waals surface area contributed by atoms with Gasteiger partial charge in [0, 0.05) is 13.1 Å². The van der Waals surface area contributed by atoms with Crippen LogP contribution < -0.4 is 10.2 Å². The summed E-state index contributed by atoms with van der Waals surface area (Å²) < 4.78 is 1.82. The van der Waals surface area contributed by atoms with Crippen LogP contribution in [0.25, 0.3) is 5.69 Å². The van der Waals surface area contributed by atoms with Crippen LogP contribution in [-0.4, -0.2) is 59.7 Å². The van der Waals surface area contributed by atoms with Crippen molar-refractivity contribution < 1.29 is 14.5 Å². The second kappa shape index (κ2) is 9.32. The Labute approximate surface area is 161 Å². The minimum Gasteiger partial charge on any atom is -0.338 e. The maximum absolute atomic E-state index is 12.5. The number of anilines is 1. The van der Waals surface area contributed by atoms with Crippen LogP contribution in [0.15, 0.2) is 30.3 Å². The third kappa shape index (κ3) is 5.17. The number of aromatic nitrogens is 2. The number of nitrogens with zero attached hydrogens (tertiary/aromatic N) is 3. The molecule has 1 unspecified atom stereocenters. The van der Waals surface area contributed by atoms with Crippen molar-refractivity contribution in [2.24, 2.45) is 0 Å². The molecule has 0 aliphatic heterocycles. The first-order chi connectivity index (χ1) is 12.9. The molecule has 7 heteroatoms.